The van der Waals surface area contributed by atoms with Crippen LogP contribution >= 0.6 is 11.3 Å². The number of nitrogens with zero attached hydrogens (tertiary/aromatic N) is 4. The number of morpholine rings is 1. The fourth-order valence-electron chi connectivity index (χ4n) is 5.09. The van der Waals surface area contributed by atoms with E-state index in [0.717, 1.165) is 18.0 Å². The minimum absolute atomic E-state index is 0.119. The molecular weight excluding hydrogens is 545 g/mol. The van der Waals surface area contributed by atoms with Crippen molar-refractivity contribution in [3.05, 3.63) is 45.1 Å². The lowest BCUT2D eigenvalue weighted by Gasteiger charge is -2.32. The Labute approximate surface area is 234 Å². The first-order valence-electron chi connectivity index (χ1n) is 13.3. The van der Waals surface area contributed by atoms with Gasteiger partial charge < -0.3 is 24.4 Å². The van der Waals surface area contributed by atoms with Crippen LogP contribution in [0.25, 0.3) is 0 Å². The summed E-state index contributed by atoms with van der Waals surface area (Å²) in [5.74, 6) is -0.672. The lowest BCUT2D eigenvalue weighted by Crippen LogP contribution is -2.37. The van der Waals surface area contributed by atoms with E-state index < -0.39 is 18.0 Å². The smallest absolute Gasteiger partial charge is 0.414 e. The molecule has 3 aliphatic rings. The van der Waals surface area contributed by atoms with E-state index >= 15 is 0 Å². The van der Waals surface area contributed by atoms with E-state index in [1.165, 1.54) is 35.3 Å². The number of piperidine rings is 1. The minimum atomic E-state index is -0.594. The Morgan fingerprint density at radius 3 is 2.65 bits per heavy atom. The van der Waals surface area contributed by atoms with Crippen LogP contribution in [0.5, 0.6) is 5.75 Å². The van der Waals surface area contributed by atoms with E-state index in [1.54, 1.807) is 6.07 Å². The molecule has 2 aromatic rings. The summed E-state index contributed by atoms with van der Waals surface area (Å²) >= 11 is 1.22. The summed E-state index contributed by atoms with van der Waals surface area (Å²) in [6.45, 7) is 6.23. The zero-order valence-electron chi connectivity index (χ0n) is 22.2. The van der Waals surface area contributed by atoms with Crippen molar-refractivity contribution in [2.45, 2.75) is 38.5 Å². The van der Waals surface area contributed by atoms with Crippen LogP contribution in [0.3, 0.4) is 0 Å². The third-order valence-electron chi connectivity index (χ3n) is 7.15. The number of thiophene rings is 1. The number of likely N-dealkylation sites (tertiary alicyclic amines) is 1. The summed E-state index contributed by atoms with van der Waals surface area (Å²) in [5, 5.41) is 14.4. The fraction of sp³-hybridized carbons (Fsp3) is 0.538. The third-order valence-corrected chi connectivity index (χ3v) is 8.21. The van der Waals surface area contributed by atoms with E-state index in [1.807, 2.05) is 11.0 Å². The maximum atomic E-state index is 14.9. The van der Waals surface area contributed by atoms with Crippen molar-refractivity contribution in [1.82, 2.24) is 10.2 Å². The molecule has 0 radical (unpaired) electrons. The lowest BCUT2D eigenvalue weighted by molar-refractivity contribution is -0.379. The molecular formula is C26H32FN5O7S. The molecule has 2 amide bonds. The number of hydrogen-bond acceptors (Lipinski definition) is 10. The van der Waals surface area contributed by atoms with E-state index in [2.05, 4.69) is 10.2 Å². The normalized spacial score (nSPS) is 20.4. The highest BCUT2D eigenvalue weighted by Gasteiger charge is 2.33. The molecule has 0 saturated carbocycles. The molecule has 0 aliphatic carbocycles. The quantitative estimate of drug-likeness (QED) is 0.353. The first-order chi connectivity index (χ1) is 19.3. The van der Waals surface area contributed by atoms with Gasteiger partial charge in [0.1, 0.15) is 17.9 Å². The Kier molecular flexibility index (Phi) is 8.66. The number of hydrogen-bond donors (Lipinski definition) is 1. The van der Waals surface area contributed by atoms with Crippen LogP contribution in [0.15, 0.2) is 24.3 Å². The van der Waals surface area contributed by atoms with Gasteiger partial charge in [0.2, 0.25) is 5.91 Å². The molecule has 3 saturated heterocycles. The molecule has 40 heavy (non-hydrogen) atoms. The molecule has 4 heterocycles. The predicted octanol–water partition coefficient (Wildman–Crippen LogP) is 3.14. The van der Waals surface area contributed by atoms with Crippen molar-refractivity contribution in [2.24, 2.45) is 0 Å². The minimum Gasteiger partial charge on any atom is -0.487 e. The van der Waals surface area contributed by atoms with Gasteiger partial charge in [-0.05, 0) is 31.0 Å². The molecule has 3 fully saturated rings. The van der Waals surface area contributed by atoms with Gasteiger partial charge in [-0.1, -0.05) is 11.3 Å². The van der Waals surface area contributed by atoms with Crippen LogP contribution in [0.1, 0.15) is 24.6 Å². The van der Waals surface area contributed by atoms with Gasteiger partial charge in [0.15, 0.2) is 11.6 Å². The molecule has 0 unspecified atom stereocenters. The Morgan fingerprint density at radius 2 is 1.98 bits per heavy atom. The molecule has 5 rings (SSSR count). The van der Waals surface area contributed by atoms with Crippen LogP contribution in [0.4, 0.5) is 25.6 Å². The Hall–Kier alpha value is -3.49. The van der Waals surface area contributed by atoms with Crippen LogP contribution in [0, 0.1) is 15.9 Å². The van der Waals surface area contributed by atoms with Crippen LogP contribution in [0.2, 0.25) is 0 Å². The molecule has 1 N–H and O–H groups in total. The van der Waals surface area contributed by atoms with Crippen molar-refractivity contribution >= 4 is 39.7 Å². The monoisotopic (exact) mass is 577 g/mol. The second-order valence-corrected chi connectivity index (χ2v) is 11.1. The molecule has 1 aromatic carbocycles. The third kappa shape index (κ3) is 6.62. The van der Waals surface area contributed by atoms with E-state index in [4.69, 9.17) is 14.2 Å². The Balaban J connectivity index is 1.13. The number of carbonyl (C=O) groups is 2. The van der Waals surface area contributed by atoms with Gasteiger partial charge in [0.05, 0.1) is 36.9 Å². The van der Waals surface area contributed by atoms with Crippen molar-refractivity contribution in [3.8, 4) is 5.75 Å². The summed E-state index contributed by atoms with van der Waals surface area (Å²) in [6.07, 6.45) is 0.107. The number of rotatable bonds is 9. The summed E-state index contributed by atoms with van der Waals surface area (Å²) < 4.78 is 31.5. The van der Waals surface area contributed by atoms with Gasteiger partial charge in [0, 0.05) is 50.6 Å². The Bertz CT molecular complexity index is 1250. The molecule has 3 aliphatic heterocycles. The zero-order chi connectivity index (χ0) is 28.2. The van der Waals surface area contributed by atoms with Crippen molar-refractivity contribution in [2.75, 3.05) is 62.3 Å². The molecule has 0 bridgehead atoms. The zero-order valence-corrected chi connectivity index (χ0v) is 23.0. The number of carbonyl (C=O) groups excluding carboxylic acids is 2. The SMILES string of the molecule is CC(=O)NC[C@H]1CN(c2ccc(OC3CCN(Cc4cc(N5CCOCC5)c([N+](=O)[O-])s4)CC3)c(F)c2)C(=O)O1. The van der Waals surface area contributed by atoms with Gasteiger partial charge in [-0.2, -0.15) is 0 Å². The first kappa shape index (κ1) is 28.1. The van der Waals surface area contributed by atoms with E-state index in [0.29, 0.717) is 57.1 Å². The Morgan fingerprint density at radius 1 is 1.23 bits per heavy atom. The molecule has 216 valence electrons. The highest BCUT2D eigenvalue weighted by atomic mass is 32.1. The summed E-state index contributed by atoms with van der Waals surface area (Å²) in [4.78, 5) is 41.2. The second-order valence-electron chi connectivity index (χ2n) is 10.0. The summed E-state index contributed by atoms with van der Waals surface area (Å²) in [7, 11) is 0. The number of anilines is 2. The maximum absolute atomic E-state index is 14.9. The number of nitro groups is 1. The van der Waals surface area contributed by atoms with Crippen molar-refractivity contribution in [1.29, 1.82) is 0 Å². The van der Waals surface area contributed by atoms with Crippen molar-refractivity contribution < 1.29 is 33.1 Å². The van der Waals surface area contributed by atoms with Gasteiger partial charge in [0.25, 0.3) is 0 Å². The standard InChI is InChI=1S/C26H32FN5O7S/c1-17(33)28-14-20-15-31(26(34)39-20)18-2-3-24(22(27)12-18)38-19-4-6-29(7-5-19)16-21-13-23(25(40-21)32(35)36)30-8-10-37-11-9-30/h2-3,12-13,19-20H,4-11,14-16H2,1H3,(H,28,33)/t20-/m0/s1. The predicted molar refractivity (Wildman–Crippen MR) is 146 cm³/mol. The first-order valence-corrected chi connectivity index (χ1v) is 14.1. The fourth-order valence-corrected chi connectivity index (χ4v) is 6.13. The molecule has 1 atom stereocenters. The number of benzene rings is 1. The molecule has 14 heteroatoms. The van der Waals surface area contributed by atoms with Gasteiger partial charge in [-0.3, -0.25) is 24.7 Å². The van der Waals surface area contributed by atoms with Crippen LogP contribution in [-0.4, -0.2) is 86.5 Å². The van der Waals surface area contributed by atoms with E-state index in [9.17, 15) is 24.1 Å². The van der Waals surface area contributed by atoms with Crippen LogP contribution in [-0.2, 0) is 20.8 Å². The number of nitrogens with one attached hydrogen (secondary N) is 1. The topological polar surface area (TPSA) is 127 Å². The number of amides is 2. The largest absolute Gasteiger partial charge is 0.487 e. The highest BCUT2D eigenvalue weighted by molar-refractivity contribution is 7.16. The number of ether oxygens (including phenoxy) is 3. The number of halogens is 1. The van der Waals surface area contributed by atoms with Gasteiger partial charge >= 0.3 is 11.1 Å². The second kappa shape index (κ2) is 12.4. The lowest BCUT2D eigenvalue weighted by atomic mass is 10.1. The summed E-state index contributed by atoms with van der Waals surface area (Å²) in [5.41, 5.74) is 1.02. The number of cyclic esters (lactones) is 1. The van der Waals surface area contributed by atoms with Gasteiger partial charge in [-0.15, -0.1) is 0 Å². The maximum Gasteiger partial charge on any atom is 0.414 e. The highest BCUT2D eigenvalue weighted by Crippen LogP contribution is 2.39. The van der Waals surface area contributed by atoms with Crippen molar-refractivity contribution in [3.63, 3.8) is 0 Å². The van der Waals surface area contributed by atoms with E-state index in [-0.39, 0.29) is 40.8 Å². The average Bonchev–Trinajstić information content (AvgIpc) is 3.54. The molecule has 1 aromatic heterocycles. The summed E-state index contributed by atoms with van der Waals surface area (Å²) in [6, 6.07) is 6.31. The van der Waals surface area contributed by atoms with Crippen LogP contribution < -0.4 is 19.9 Å². The average molecular weight is 578 g/mol. The molecule has 0 spiro atoms. The molecule has 12 nitrogen and oxygen atoms in total. The van der Waals surface area contributed by atoms with Gasteiger partial charge in [-0.25, -0.2) is 9.18 Å².